The highest BCUT2D eigenvalue weighted by Gasteiger charge is 2.19. The van der Waals surface area contributed by atoms with Crippen molar-refractivity contribution in [2.45, 2.75) is 0 Å². The van der Waals surface area contributed by atoms with Crippen LogP contribution in [-0.4, -0.2) is 24.8 Å². The van der Waals surface area contributed by atoms with E-state index in [0.717, 1.165) is 33.7 Å². The summed E-state index contributed by atoms with van der Waals surface area (Å²) in [5.74, 6) is 2.18. The smallest absolute Gasteiger partial charge is 0.146 e. The van der Waals surface area contributed by atoms with Crippen LogP contribution in [0.5, 0.6) is 11.5 Å². The number of rotatable bonds is 5. The second-order valence-corrected chi connectivity index (χ2v) is 6.41. The summed E-state index contributed by atoms with van der Waals surface area (Å²) in [7, 11) is 3.26. The first-order valence-electron chi connectivity index (χ1n) is 9.11. The highest BCUT2D eigenvalue weighted by molar-refractivity contribution is 5.92. The molecule has 0 atom stereocenters. The topological polar surface area (TPSA) is 59.0 Å². The summed E-state index contributed by atoms with van der Waals surface area (Å²) in [5.41, 5.74) is 3.95. The van der Waals surface area contributed by atoms with Gasteiger partial charge in [0.1, 0.15) is 23.4 Å². The molecule has 5 nitrogen and oxygen atoms in total. The van der Waals surface area contributed by atoms with Crippen LogP contribution in [-0.2, 0) is 0 Å². The normalized spacial score (nSPS) is 10.9. The van der Waals surface area contributed by atoms with Gasteiger partial charge in [0.15, 0.2) is 0 Å². The van der Waals surface area contributed by atoms with Crippen molar-refractivity contribution >= 4 is 17.5 Å². The first-order chi connectivity index (χ1) is 14.2. The fraction of sp³-hybridized carbons (Fsp3) is 0.0833. The summed E-state index contributed by atoms with van der Waals surface area (Å²) >= 11 is 0. The number of ether oxygens (including phenoxy) is 2. The maximum atomic E-state index is 9.91. The molecule has 0 unspecified atom stereocenters. The molecule has 2 aromatic carbocycles. The van der Waals surface area contributed by atoms with Crippen molar-refractivity contribution in [3.63, 3.8) is 0 Å². The van der Waals surface area contributed by atoms with Crippen LogP contribution in [0.2, 0.25) is 0 Å². The zero-order valence-corrected chi connectivity index (χ0v) is 16.2. The largest absolute Gasteiger partial charge is 0.497 e. The predicted molar refractivity (Wildman–Crippen MR) is 114 cm³/mol. The van der Waals surface area contributed by atoms with E-state index in [1.807, 2.05) is 77.3 Å². The van der Waals surface area contributed by atoms with Crippen molar-refractivity contribution < 1.29 is 9.47 Å². The molecule has 0 spiro atoms. The third-order valence-corrected chi connectivity index (χ3v) is 4.72. The molecule has 0 radical (unpaired) electrons. The zero-order chi connectivity index (χ0) is 20.2. The van der Waals surface area contributed by atoms with Crippen LogP contribution in [0.3, 0.4) is 0 Å². The van der Waals surface area contributed by atoms with Gasteiger partial charge in [0.25, 0.3) is 0 Å². The fourth-order valence-corrected chi connectivity index (χ4v) is 3.34. The summed E-state index contributed by atoms with van der Waals surface area (Å²) in [6.07, 6.45) is 3.69. The fourth-order valence-electron chi connectivity index (χ4n) is 3.34. The van der Waals surface area contributed by atoms with Crippen LogP contribution in [0.15, 0.2) is 77.9 Å². The van der Waals surface area contributed by atoms with Crippen LogP contribution in [0, 0.1) is 11.3 Å². The van der Waals surface area contributed by atoms with Gasteiger partial charge in [0.2, 0.25) is 0 Å². The first-order valence-corrected chi connectivity index (χ1v) is 9.11. The van der Waals surface area contributed by atoms with Crippen LogP contribution in [0.4, 0.5) is 5.82 Å². The van der Waals surface area contributed by atoms with E-state index in [0.29, 0.717) is 11.4 Å². The minimum absolute atomic E-state index is 0.580. The molecular weight excluding hydrogens is 362 g/mol. The van der Waals surface area contributed by atoms with Gasteiger partial charge in [-0.1, -0.05) is 30.3 Å². The van der Waals surface area contributed by atoms with E-state index >= 15 is 0 Å². The van der Waals surface area contributed by atoms with Crippen LogP contribution < -0.4 is 9.47 Å². The molecule has 0 aliphatic rings. The van der Waals surface area contributed by atoms with Gasteiger partial charge in [0, 0.05) is 18.0 Å². The summed E-state index contributed by atoms with van der Waals surface area (Å²) in [6.45, 7) is 0. The van der Waals surface area contributed by atoms with Crippen molar-refractivity contribution in [1.82, 2.24) is 4.40 Å². The minimum atomic E-state index is 0.580. The Labute approximate surface area is 169 Å². The maximum absolute atomic E-state index is 9.91. The molecule has 0 fully saturated rings. The second kappa shape index (κ2) is 7.91. The van der Waals surface area contributed by atoms with Crippen LogP contribution in [0.25, 0.3) is 16.6 Å². The number of nitrogens with zero attached hydrogens (tertiary/aromatic N) is 3. The SMILES string of the molecule is COc1cccc(/C=N/c2c(-c3cccc(OC)c3)c(C#N)c3ccccn23)c1. The summed E-state index contributed by atoms with van der Waals surface area (Å²) < 4.78 is 12.6. The Balaban J connectivity index is 1.94. The van der Waals surface area contributed by atoms with E-state index < -0.39 is 0 Å². The number of hydrogen-bond donors (Lipinski definition) is 0. The molecule has 0 aliphatic heterocycles. The third-order valence-electron chi connectivity index (χ3n) is 4.72. The van der Waals surface area contributed by atoms with Gasteiger partial charge in [-0.25, -0.2) is 4.99 Å². The van der Waals surface area contributed by atoms with E-state index in [-0.39, 0.29) is 0 Å². The maximum Gasteiger partial charge on any atom is 0.146 e. The Hall–Kier alpha value is -4.04. The number of aliphatic imine (C=N–C) groups is 1. The van der Waals surface area contributed by atoms with Gasteiger partial charge in [-0.2, -0.15) is 5.26 Å². The molecule has 0 amide bonds. The highest BCUT2D eigenvalue weighted by atomic mass is 16.5. The molecule has 0 aliphatic carbocycles. The molecule has 4 rings (SSSR count). The molecule has 2 heterocycles. The average molecular weight is 381 g/mol. The second-order valence-electron chi connectivity index (χ2n) is 6.41. The molecule has 29 heavy (non-hydrogen) atoms. The summed E-state index contributed by atoms with van der Waals surface area (Å²) in [5, 5.41) is 9.91. The monoisotopic (exact) mass is 381 g/mol. The highest BCUT2D eigenvalue weighted by Crippen LogP contribution is 2.39. The standard InChI is InChI=1S/C24H19N3O2/c1-28-19-9-5-7-17(13-19)16-26-24-23(18-8-6-10-20(14-18)29-2)21(15-25)22-11-3-4-12-27(22)24/h3-14,16H,1-2H3/b26-16+. The molecule has 2 aromatic heterocycles. The van der Waals surface area contributed by atoms with E-state index in [9.17, 15) is 5.26 Å². The van der Waals surface area contributed by atoms with Crippen molar-refractivity contribution in [2.75, 3.05) is 14.2 Å². The van der Waals surface area contributed by atoms with Gasteiger partial charge < -0.3 is 9.47 Å². The Morgan fingerprint density at radius 1 is 0.931 bits per heavy atom. The number of pyridine rings is 1. The Morgan fingerprint density at radius 3 is 2.45 bits per heavy atom. The number of benzene rings is 2. The summed E-state index contributed by atoms with van der Waals surface area (Å²) in [6, 6.07) is 23.5. The number of hydrogen-bond acceptors (Lipinski definition) is 4. The molecule has 5 heteroatoms. The van der Waals surface area contributed by atoms with Gasteiger partial charge in [-0.15, -0.1) is 0 Å². The van der Waals surface area contributed by atoms with Gasteiger partial charge in [0.05, 0.1) is 25.3 Å². The van der Waals surface area contributed by atoms with Crippen molar-refractivity contribution in [2.24, 2.45) is 4.99 Å². The minimum Gasteiger partial charge on any atom is -0.497 e. The lowest BCUT2D eigenvalue weighted by atomic mass is 10.0. The van der Waals surface area contributed by atoms with Gasteiger partial charge in [-0.3, -0.25) is 4.40 Å². The quantitative estimate of drug-likeness (QED) is 0.444. The lowest BCUT2D eigenvalue weighted by Crippen LogP contribution is -1.88. The molecule has 0 N–H and O–H groups in total. The number of nitriles is 1. The van der Waals surface area contributed by atoms with E-state index in [1.54, 1.807) is 20.4 Å². The van der Waals surface area contributed by atoms with Gasteiger partial charge >= 0.3 is 0 Å². The third kappa shape index (κ3) is 3.44. The molecule has 4 aromatic rings. The number of fused-ring (bicyclic) bond motifs is 1. The van der Waals surface area contributed by atoms with Crippen molar-refractivity contribution in [3.05, 3.63) is 84.1 Å². The molecular formula is C24H19N3O2. The molecule has 0 bridgehead atoms. The zero-order valence-electron chi connectivity index (χ0n) is 16.2. The van der Waals surface area contributed by atoms with Crippen molar-refractivity contribution in [1.29, 1.82) is 5.26 Å². The van der Waals surface area contributed by atoms with E-state index in [2.05, 4.69) is 6.07 Å². The number of aromatic nitrogens is 1. The Kier molecular flexibility index (Phi) is 5.00. The molecule has 142 valence electrons. The molecule has 0 saturated heterocycles. The first kappa shape index (κ1) is 18.3. The predicted octanol–water partition coefficient (Wildman–Crippen LogP) is 5.25. The lowest BCUT2D eigenvalue weighted by Gasteiger charge is -2.06. The Bertz CT molecular complexity index is 1250. The van der Waals surface area contributed by atoms with Crippen LogP contribution in [0.1, 0.15) is 11.1 Å². The Morgan fingerprint density at radius 2 is 1.69 bits per heavy atom. The van der Waals surface area contributed by atoms with Crippen LogP contribution >= 0.6 is 0 Å². The van der Waals surface area contributed by atoms with Crippen molar-refractivity contribution in [3.8, 4) is 28.7 Å². The molecule has 0 saturated carbocycles. The average Bonchev–Trinajstić information content (AvgIpc) is 3.11. The van der Waals surface area contributed by atoms with Gasteiger partial charge in [-0.05, 0) is 47.5 Å². The summed E-state index contributed by atoms with van der Waals surface area (Å²) in [4.78, 5) is 4.77. The van der Waals surface area contributed by atoms with E-state index in [1.165, 1.54) is 0 Å². The lowest BCUT2D eigenvalue weighted by molar-refractivity contribution is 0.414. The van der Waals surface area contributed by atoms with E-state index in [4.69, 9.17) is 14.5 Å². The number of methoxy groups -OCH3 is 2.